The first-order valence-electron chi connectivity index (χ1n) is 8.24. The molecule has 4 rings (SSSR count). The van der Waals surface area contributed by atoms with Gasteiger partial charge >= 0.3 is 0 Å². The zero-order chi connectivity index (χ0) is 19.5. The maximum atomic E-state index is 12.4. The highest BCUT2D eigenvalue weighted by Gasteiger charge is 2.17. The third-order valence-corrected chi connectivity index (χ3v) is 4.70. The van der Waals surface area contributed by atoms with Gasteiger partial charge in [0.25, 0.3) is 11.8 Å². The van der Waals surface area contributed by atoms with Gasteiger partial charge < -0.3 is 19.5 Å². The van der Waals surface area contributed by atoms with Crippen molar-refractivity contribution in [3.63, 3.8) is 0 Å². The summed E-state index contributed by atoms with van der Waals surface area (Å²) in [5, 5.41) is 7.33. The molecule has 3 aromatic rings. The number of anilines is 2. The van der Waals surface area contributed by atoms with Gasteiger partial charge in [-0.05, 0) is 36.4 Å². The highest BCUT2D eigenvalue weighted by molar-refractivity contribution is 7.14. The van der Waals surface area contributed by atoms with Crippen LogP contribution in [0.2, 0.25) is 0 Å². The van der Waals surface area contributed by atoms with E-state index in [1.54, 1.807) is 55.0 Å². The van der Waals surface area contributed by atoms with Crippen molar-refractivity contribution in [1.82, 2.24) is 4.98 Å². The predicted molar refractivity (Wildman–Crippen MR) is 104 cm³/mol. The average molecular weight is 397 g/mol. The van der Waals surface area contributed by atoms with E-state index in [0.717, 1.165) is 0 Å². The first-order chi connectivity index (χ1) is 13.6. The fourth-order valence-electron chi connectivity index (χ4n) is 2.52. The SMILES string of the molecule is COc1ccc(C(=O)Nc2nc(C(=O)Nc3ccc4c(c3)OCO4)cs2)cc1. The van der Waals surface area contributed by atoms with Gasteiger partial charge in [0.1, 0.15) is 11.4 Å². The van der Waals surface area contributed by atoms with E-state index in [2.05, 4.69) is 15.6 Å². The third kappa shape index (κ3) is 3.74. The molecule has 9 heteroatoms. The quantitative estimate of drug-likeness (QED) is 0.685. The molecule has 1 aliphatic heterocycles. The first kappa shape index (κ1) is 17.8. The number of amides is 2. The van der Waals surface area contributed by atoms with Gasteiger partial charge in [0, 0.05) is 22.7 Å². The lowest BCUT2D eigenvalue weighted by Crippen LogP contribution is -2.14. The van der Waals surface area contributed by atoms with Gasteiger partial charge in [-0.15, -0.1) is 11.3 Å². The molecule has 28 heavy (non-hydrogen) atoms. The van der Waals surface area contributed by atoms with Gasteiger partial charge in [-0.3, -0.25) is 14.9 Å². The minimum absolute atomic E-state index is 0.163. The molecule has 0 spiro atoms. The van der Waals surface area contributed by atoms with Crippen LogP contribution >= 0.6 is 11.3 Å². The lowest BCUT2D eigenvalue weighted by Gasteiger charge is -2.04. The van der Waals surface area contributed by atoms with E-state index in [1.807, 2.05) is 0 Å². The van der Waals surface area contributed by atoms with Crippen LogP contribution in [-0.4, -0.2) is 30.7 Å². The van der Waals surface area contributed by atoms with Gasteiger partial charge in [-0.25, -0.2) is 4.98 Å². The van der Waals surface area contributed by atoms with Crippen LogP contribution < -0.4 is 24.8 Å². The molecule has 8 nitrogen and oxygen atoms in total. The van der Waals surface area contributed by atoms with Crippen LogP contribution in [0, 0.1) is 0 Å². The van der Waals surface area contributed by atoms with Crippen molar-refractivity contribution in [1.29, 1.82) is 0 Å². The Labute approximate surface area is 164 Å². The molecule has 0 atom stereocenters. The lowest BCUT2D eigenvalue weighted by molar-refractivity contribution is 0.101. The fraction of sp³-hybridized carbons (Fsp3) is 0.105. The molecule has 0 radical (unpaired) electrons. The summed E-state index contributed by atoms with van der Waals surface area (Å²) < 4.78 is 15.6. The molecule has 2 heterocycles. The molecule has 0 fully saturated rings. The van der Waals surface area contributed by atoms with Crippen molar-refractivity contribution in [2.75, 3.05) is 24.5 Å². The van der Waals surface area contributed by atoms with Crippen molar-refractivity contribution >= 4 is 34.0 Å². The highest BCUT2D eigenvalue weighted by atomic mass is 32.1. The molecule has 0 saturated heterocycles. The van der Waals surface area contributed by atoms with E-state index in [4.69, 9.17) is 14.2 Å². The third-order valence-electron chi connectivity index (χ3n) is 3.94. The van der Waals surface area contributed by atoms with E-state index in [9.17, 15) is 9.59 Å². The summed E-state index contributed by atoms with van der Waals surface area (Å²) in [6, 6.07) is 11.8. The Hall–Kier alpha value is -3.59. The molecule has 2 aromatic carbocycles. The Morgan fingerprint density at radius 2 is 1.82 bits per heavy atom. The van der Waals surface area contributed by atoms with E-state index in [1.165, 1.54) is 11.3 Å². The zero-order valence-corrected chi connectivity index (χ0v) is 15.5. The summed E-state index contributed by atoms with van der Waals surface area (Å²) in [5.74, 6) is 1.16. The van der Waals surface area contributed by atoms with Gasteiger partial charge in [0.2, 0.25) is 6.79 Å². The van der Waals surface area contributed by atoms with E-state index < -0.39 is 0 Å². The van der Waals surface area contributed by atoms with Crippen molar-refractivity contribution < 1.29 is 23.8 Å². The fourth-order valence-corrected chi connectivity index (χ4v) is 3.20. The Morgan fingerprint density at radius 1 is 1.04 bits per heavy atom. The van der Waals surface area contributed by atoms with Crippen LogP contribution in [0.1, 0.15) is 20.8 Å². The maximum absolute atomic E-state index is 12.4. The van der Waals surface area contributed by atoms with Crippen molar-refractivity contribution in [3.8, 4) is 17.2 Å². The minimum atomic E-state index is -0.389. The molecule has 0 saturated carbocycles. The number of ether oxygens (including phenoxy) is 3. The van der Waals surface area contributed by atoms with E-state index >= 15 is 0 Å². The zero-order valence-electron chi connectivity index (χ0n) is 14.7. The summed E-state index contributed by atoms with van der Waals surface area (Å²) in [4.78, 5) is 28.8. The molecule has 2 N–H and O–H groups in total. The molecular formula is C19H15N3O5S. The highest BCUT2D eigenvalue weighted by Crippen LogP contribution is 2.34. The number of hydrogen-bond donors (Lipinski definition) is 2. The Morgan fingerprint density at radius 3 is 2.61 bits per heavy atom. The standard InChI is InChI=1S/C19H15N3O5S/c1-25-13-5-2-11(3-6-13)17(23)22-19-21-14(9-28-19)18(24)20-12-4-7-15-16(8-12)27-10-26-15/h2-9H,10H2,1H3,(H,20,24)(H,21,22,23). The number of aromatic nitrogens is 1. The van der Waals surface area contributed by atoms with Crippen molar-refractivity contribution in [2.45, 2.75) is 0 Å². The summed E-state index contributed by atoms with van der Waals surface area (Å²) in [7, 11) is 1.56. The van der Waals surface area contributed by atoms with E-state index in [-0.39, 0.29) is 24.3 Å². The number of fused-ring (bicyclic) bond motifs is 1. The molecule has 0 bridgehead atoms. The second-order valence-electron chi connectivity index (χ2n) is 5.74. The number of nitrogens with zero attached hydrogens (tertiary/aromatic N) is 1. The summed E-state index contributed by atoms with van der Waals surface area (Å²) in [6.07, 6.45) is 0. The average Bonchev–Trinajstić information content (AvgIpc) is 3.37. The van der Waals surface area contributed by atoms with Crippen molar-refractivity contribution in [2.24, 2.45) is 0 Å². The number of hydrogen-bond acceptors (Lipinski definition) is 7. The number of nitrogens with one attached hydrogen (secondary N) is 2. The Kier molecular flexibility index (Phi) is 4.81. The molecule has 1 aliphatic rings. The smallest absolute Gasteiger partial charge is 0.275 e. The molecule has 0 unspecified atom stereocenters. The maximum Gasteiger partial charge on any atom is 0.275 e. The van der Waals surface area contributed by atoms with Gasteiger partial charge in [-0.2, -0.15) is 0 Å². The molecule has 142 valence electrons. The Bertz CT molecular complexity index is 1030. The predicted octanol–water partition coefficient (Wildman–Crippen LogP) is 3.39. The number of methoxy groups -OCH3 is 1. The summed E-state index contributed by atoms with van der Waals surface area (Å²) in [6.45, 7) is 0.163. The summed E-state index contributed by atoms with van der Waals surface area (Å²) >= 11 is 1.17. The second-order valence-corrected chi connectivity index (χ2v) is 6.60. The number of thiazole rings is 1. The van der Waals surface area contributed by atoms with Crippen LogP contribution in [0.15, 0.2) is 47.8 Å². The largest absolute Gasteiger partial charge is 0.497 e. The molecular weight excluding hydrogens is 382 g/mol. The monoisotopic (exact) mass is 397 g/mol. The topological polar surface area (TPSA) is 98.8 Å². The number of carbonyl (C=O) groups excluding carboxylic acids is 2. The number of benzene rings is 2. The van der Waals surface area contributed by atoms with Gasteiger partial charge in [0.05, 0.1) is 7.11 Å². The number of carbonyl (C=O) groups is 2. The molecule has 1 aromatic heterocycles. The summed E-state index contributed by atoms with van der Waals surface area (Å²) in [5.41, 5.74) is 1.22. The van der Waals surface area contributed by atoms with Gasteiger partial charge in [0.15, 0.2) is 16.6 Å². The van der Waals surface area contributed by atoms with Crippen LogP contribution in [0.3, 0.4) is 0 Å². The first-order valence-corrected chi connectivity index (χ1v) is 9.12. The minimum Gasteiger partial charge on any atom is -0.497 e. The van der Waals surface area contributed by atoms with Crippen LogP contribution in [0.5, 0.6) is 17.2 Å². The van der Waals surface area contributed by atoms with E-state index in [0.29, 0.717) is 33.6 Å². The molecule has 2 amide bonds. The van der Waals surface area contributed by atoms with Crippen LogP contribution in [0.25, 0.3) is 0 Å². The second kappa shape index (κ2) is 7.57. The van der Waals surface area contributed by atoms with Crippen LogP contribution in [0.4, 0.5) is 10.8 Å². The van der Waals surface area contributed by atoms with Crippen molar-refractivity contribution in [3.05, 3.63) is 59.1 Å². The van der Waals surface area contributed by atoms with Gasteiger partial charge in [-0.1, -0.05) is 0 Å². The van der Waals surface area contributed by atoms with Crippen LogP contribution in [-0.2, 0) is 0 Å². The Balaban J connectivity index is 1.40. The lowest BCUT2D eigenvalue weighted by atomic mass is 10.2. The molecule has 0 aliphatic carbocycles. The number of rotatable bonds is 5. The normalized spacial score (nSPS) is 11.8.